The van der Waals surface area contributed by atoms with E-state index in [4.69, 9.17) is 9.47 Å². The smallest absolute Gasteiger partial charge is 0.255 e. The second-order valence-electron chi connectivity index (χ2n) is 6.36. The highest BCUT2D eigenvalue weighted by Gasteiger charge is 2.17. The zero-order valence-electron chi connectivity index (χ0n) is 17.1. The predicted molar refractivity (Wildman–Crippen MR) is 115 cm³/mol. The molecule has 1 heterocycles. The van der Waals surface area contributed by atoms with Crippen LogP contribution in [0.1, 0.15) is 34.6 Å². The predicted octanol–water partition coefficient (Wildman–Crippen LogP) is 4.52. The molecule has 0 aliphatic rings. The molecule has 160 valence electrons. The van der Waals surface area contributed by atoms with Crippen molar-refractivity contribution in [2.75, 3.05) is 23.8 Å². The Hall–Kier alpha value is -3.94. The van der Waals surface area contributed by atoms with E-state index in [0.717, 1.165) is 0 Å². The number of benzene rings is 2. The second kappa shape index (κ2) is 10.2. The Morgan fingerprint density at radius 3 is 1.71 bits per heavy atom. The normalized spacial score (nSPS) is 10.3. The van der Waals surface area contributed by atoms with E-state index in [2.05, 4.69) is 15.6 Å². The molecule has 0 spiro atoms. The molecule has 0 atom stereocenters. The number of pyridine rings is 1. The van der Waals surface area contributed by atoms with Crippen LogP contribution in [-0.2, 0) is 0 Å². The van der Waals surface area contributed by atoms with Crippen LogP contribution in [0.2, 0.25) is 0 Å². The van der Waals surface area contributed by atoms with Gasteiger partial charge in [-0.25, -0.2) is 4.39 Å². The van der Waals surface area contributed by atoms with Crippen LogP contribution in [-0.4, -0.2) is 30.0 Å². The SMILES string of the molecule is CCOc1cc(NC(=O)c2ccc(F)cc2)c(OCC)cc1NC(=O)c1ccncc1. The van der Waals surface area contributed by atoms with Crippen LogP contribution in [0, 0.1) is 5.82 Å². The number of nitrogens with one attached hydrogen (secondary N) is 2. The molecule has 3 aromatic rings. The van der Waals surface area contributed by atoms with Crippen LogP contribution in [0.4, 0.5) is 15.8 Å². The summed E-state index contributed by atoms with van der Waals surface area (Å²) < 4.78 is 24.5. The number of aromatic nitrogens is 1. The van der Waals surface area contributed by atoms with E-state index in [1.54, 1.807) is 31.2 Å². The number of hydrogen-bond acceptors (Lipinski definition) is 5. The van der Waals surface area contributed by atoms with Gasteiger partial charge in [0.25, 0.3) is 11.8 Å². The summed E-state index contributed by atoms with van der Waals surface area (Å²) in [4.78, 5) is 29.1. The average Bonchev–Trinajstić information content (AvgIpc) is 2.77. The van der Waals surface area contributed by atoms with E-state index in [9.17, 15) is 14.0 Å². The standard InChI is InChI=1S/C23H22FN3O4/c1-3-30-20-14-19(27-23(29)16-9-11-25-12-10-16)21(31-4-2)13-18(20)26-22(28)15-5-7-17(24)8-6-15/h5-14H,3-4H2,1-2H3,(H,26,28)(H,27,29). The number of rotatable bonds is 8. The van der Waals surface area contributed by atoms with Crippen molar-refractivity contribution in [3.05, 3.63) is 77.9 Å². The van der Waals surface area contributed by atoms with Crippen LogP contribution in [0.5, 0.6) is 11.5 Å². The lowest BCUT2D eigenvalue weighted by molar-refractivity contribution is 0.101. The number of ether oxygens (including phenoxy) is 2. The molecule has 1 aromatic heterocycles. The molecule has 3 rings (SSSR count). The lowest BCUT2D eigenvalue weighted by Crippen LogP contribution is -2.15. The summed E-state index contributed by atoms with van der Waals surface area (Å²) >= 11 is 0. The lowest BCUT2D eigenvalue weighted by atomic mass is 10.1. The van der Waals surface area contributed by atoms with Gasteiger partial charge in [0.2, 0.25) is 0 Å². The molecular formula is C23H22FN3O4. The maximum Gasteiger partial charge on any atom is 0.255 e. The van der Waals surface area contributed by atoms with Crippen LogP contribution < -0.4 is 20.1 Å². The molecule has 0 aliphatic heterocycles. The fraction of sp³-hybridized carbons (Fsp3) is 0.174. The van der Waals surface area contributed by atoms with Crippen molar-refractivity contribution < 1.29 is 23.5 Å². The molecule has 0 aliphatic carbocycles. The topological polar surface area (TPSA) is 89.5 Å². The zero-order chi connectivity index (χ0) is 22.2. The van der Waals surface area contributed by atoms with Gasteiger partial charge in [-0.15, -0.1) is 0 Å². The first-order chi connectivity index (χ1) is 15.0. The Labute approximate surface area is 179 Å². The van der Waals surface area contributed by atoms with Crippen molar-refractivity contribution >= 4 is 23.2 Å². The van der Waals surface area contributed by atoms with E-state index < -0.39 is 11.7 Å². The van der Waals surface area contributed by atoms with Gasteiger partial charge in [-0.2, -0.15) is 0 Å². The van der Waals surface area contributed by atoms with Gasteiger partial charge < -0.3 is 20.1 Å². The van der Waals surface area contributed by atoms with Crippen LogP contribution >= 0.6 is 0 Å². The third-order valence-corrected chi connectivity index (χ3v) is 4.23. The van der Waals surface area contributed by atoms with Crippen LogP contribution in [0.25, 0.3) is 0 Å². The summed E-state index contributed by atoms with van der Waals surface area (Å²) in [5.41, 5.74) is 1.48. The maximum absolute atomic E-state index is 13.1. The van der Waals surface area contributed by atoms with E-state index in [0.29, 0.717) is 41.7 Å². The minimum absolute atomic E-state index is 0.289. The second-order valence-corrected chi connectivity index (χ2v) is 6.36. The number of anilines is 2. The van der Waals surface area contributed by atoms with Gasteiger partial charge in [-0.3, -0.25) is 14.6 Å². The summed E-state index contributed by atoms with van der Waals surface area (Å²) in [5, 5.41) is 5.56. The van der Waals surface area contributed by atoms with Crippen molar-refractivity contribution in [1.29, 1.82) is 0 Å². The fourth-order valence-electron chi connectivity index (χ4n) is 2.80. The molecule has 7 nitrogen and oxygen atoms in total. The Morgan fingerprint density at radius 1 is 0.806 bits per heavy atom. The van der Waals surface area contributed by atoms with E-state index >= 15 is 0 Å². The van der Waals surface area contributed by atoms with Gasteiger partial charge in [0.1, 0.15) is 17.3 Å². The number of halogens is 1. The molecule has 0 fully saturated rings. The van der Waals surface area contributed by atoms with Crippen molar-refractivity contribution in [2.24, 2.45) is 0 Å². The highest BCUT2D eigenvalue weighted by atomic mass is 19.1. The molecule has 0 unspecified atom stereocenters. The highest BCUT2D eigenvalue weighted by Crippen LogP contribution is 2.37. The van der Waals surface area contributed by atoms with E-state index in [1.807, 2.05) is 6.92 Å². The molecule has 0 bridgehead atoms. The van der Waals surface area contributed by atoms with E-state index in [-0.39, 0.29) is 11.5 Å². The van der Waals surface area contributed by atoms with Crippen LogP contribution in [0.15, 0.2) is 60.9 Å². The monoisotopic (exact) mass is 423 g/mol. The zero-order valence-corrected chi connectivity index (χ0v) is 17.1. The summed E-state index contributed by atoms with van der Waals surface area (Å²) in [6, 6.07) is 11.6. The van der Waals surface area contributed by atoms with Crippen molar-refractivity contribution in [2.45, 2.75) is 13.8 Å². The molecule has 2 aromatic carbocycles. The Balaban J connectivity index is 1.92. The van der Waals surface area contributed by atoms with Crippen molar-refractivity contribution in [3.63, 3.8) is 0 Å². The van der Waals surface area contributed by atoms with Crippen molar-refractivity contribution in [1.82, 2.24) is 4.98 Å². The summed E-state index contributed by atoms with van der Waals surface area (Å²) in [6.45, 7) is 4.29. The Morgan fingerprint density at radius 2 is 1.26 bits per heavy atom. The molecular weight excluding hydrogens is 401 g/mol. The number of nitrogens with zero attached hydrogens (tertiary/aromatic N) is 1. The number of carbonyl (C=O) groups excluding carboxylic acids is 2. The van der Waals surface area contributed by atoms with Crippen molar-refractivity contribution in [3.8, 4) is 11.5 Å². The molecule has 0 saturated heterocycles. The van der Waals surface area contributed by atoms with Gasteiger partial charge in [-0.05, 0) is 50.2 Å². The molecule has 31 heavy (non-hydrogen) atoms. The number of amides is 2. The first kappa shape index (κ1) is 21.8. The van der Waals surface area contributed by atoms with Gasteiger partial charge >= 0.3 is 0 Å². The summed E-state index contributed by atoms with van der Waals surface area (Å²) in [5.74, 6) is -0.487. The number of hydrogen-bond donors (Lipinski definition) is 2. The largest absolute Gasteiger partial charge is 0.492 e. The molecule has 2 N–H and O–H groups in total. The fourth-order valence-corrected chi connectivity index (χ4v) is 2.80. The summed E-state index contributed by atoms with van der Waals surface area (Å²) in [7, 11) is 0. The maximum atomic E-state index is 13.1. The first-order valence-electron chi connectivity index (χ1n) is 9.73. The first-order valence-corrected chi connectivity index (χ1v) is 9.73. The third-order valence-electron chi connectivity index (χ3n) is 4.23. The molecule has 0 saturated carbocycles. The lowest BCUT2D eigenvalue weighted by Gasteiger charge is -2.18. The van der Waals surface area contributed by atoms with Gasteiger partial charge in [0.05, 0.1) is 24.6 Å². The van der Waals surface area contributed by atoms with Gasteiger partial charge in [0, 0.05) is 35.7 Å². The molecule has 0 radical (unpaired) electrons. The molecule has 2 amide bonds. The minimum atomic E-state index is -0.433. The quantitative estimate of drug-likeness (QED) is 0.556. The van der Waals surface area contributed by atoms with Gasteiger partial charge in [0.15, 0.2) is 0 Å². The minimum Gasteiger partial charge on any atom is -0.492 e. The molecule has 8 heteroatoms. The van der Waals surface area contributed by atoms with E-state index in [1.165, 1.54) is 36.7 Å². The highest BCUT2D eigenvalue weighted by molar-refractivity contribution is 6.07. The third kappa shape index (κ3) is 5.57. The Bertz CT molecular complexity index is 1060. The summed E-state index contributed by atoms with van der Waals surface area (Å²) in [6.07, 6.45) is 3.05. The number of carbonyl (C=O) groups is 2. The Kier molecular flexibility index (Phi) is 7.16. The average molecular weight is 423 g/mol. The van der Waals surface area contributed by atoms with Gasteiger partial charge in [-0.1, -0.05) is 0 Å². The van der Waals surface area contributed by atoms with Crippen LogP contribution in [0.3, 0.4) is 0 Å².